The SMILES string of the molecule is COc1ccc([N+](=O)[O-])cc1Oc1ncc(C(=O)O)cn1. The zero-order valence-electron chi connectivity index (χ0n) is 10.7. The standard InChI is InChI=1S/C12H9N3O6/c1-20-9-3-2-8(15(18)19)4-10(9)21-12-13-5-7(6-14-12)11(16)17/h2-6H,1H3,(H,16,17). The number of methoxy groups -OCH3 is 1. The van der Waals surface area contributed by atoms with Gasteiger partial charge in [-0.2, -0.15) is 0 Å². The van der Waals surface area contributed by atoms with E-state index in [0.29, 0.717) is 0 Å². The van der Waals surface area contributed by atoms with E-state index in [1.54, 1.807) is 0 Å². The first kappa shape index (κ1) is 14.2. The molecule has 21 heavy (non-hydrogen) atoms. The summed E-state index contributed by atoms with van der Waals surface area (Å²) in [5.74, 6) is -0.865. The number of hydrogen-bond acceptors (Lipinski definition) is 7. The third kappa shape index (κ3) is 3.21. The van der Waals surface area contributed by atoms with Gasteiger partial charge in [-0.1, -0.05) is 0 Å². The molecule has 1 aromatic carbocycles. The van der Waals surface area contributed by atoms with Gasteiger partial charge >= 0.3 is 12.0 Å². The molecule has 2 aromatic rings. The van der Waals surface area contributed by atoms with Gasteiger partial charge in [-0.3, -0.25) is 10.1 Å². The van der Waals surface area contributed by atoms with Crippen molar-refractivity contribution in [3.05, 3.63) is 46.3 Å². The highest BCUT2D eigenvalue weighted by Gasteiger charge is 2.14. The molecule has 0 aliphatic heterocycles. The molecule has 0 aliphatic rings. The maximum atomic E-state index is 10.7. The topological polar surface area (TPSA) is 125 Å². The first-order chi connectivity index (χ1) is 10.0. The van der Waals surface area contributed by atoms with Gasteiger partial charge in [-0.15, -0.1) is 0 Å². The second-order valence-corrected chi connectivity index (χ2v) is 3.75. The number of benzene rings is 1. The molecule has 0 spiro atoms. The van der Waals surface area contributed by atoms with E-state index in [9.17, 15) is 14.9 Å². The number of hydrogen-bond donors (Lipinski definition) is 1. The highest BCUT2D eigenvalue weighted by molar-refractivity contribution is 5.86. The van der Waals surface area contributed by atoms with Crippen LogP contribution in [0.5, 0.6) is 17.5 Å². The lowest BCUT2D eigenvalue weighted by Gasteiger charge is -2.08. The monoisotopic (exact) mass is 291 g/mol. The highest BCUT2D eigenvalue weighted by Crippen LogP contribution is 2.33. The minimum absolute atomic E-state index is 0.0507. The number of nitro groups is 1. The van der Waals surface area contributed by atoms with E-state index in [1.807, 2.05) is 0 Å². The van der Waals surface area contributed by atoms with Crippen molar-refractivity contribution >= 4 is 11.7 Å². The number of nitro benzene ring substituents is 1. The Kier molecular flexibility index (Phi) is 3.93. The van der Waals surface area contributed by atoms with E-state index in [1.165, 1.54) is 19.2 Å². The first-order valence-corrected chi connectivity index (χ1v) is 5.57. The molecular formula is C12H9N3O6. The summed E-state index contributed by atoms with van der Waals surface area (Å²) in [6, 6.07) is 3.64. The third-order valence-electron chi connectivity index (χ3n) is 2.43. The molecule has 0 saturated carbocycles. The van der Waals surface area contributed by atoms with Crippen LogP contribution in [0.1, 0.15) is 10.4 Å². The lowest BCUT2D eigenvalue weighted by molar-refractivity contribution is -0.384. The van der Waals surface area contributed by atoms with Crippen molar-refractivity contribution < 1.29 is 24.3 Å². The van der Waals surface area contributed by atoms with Gasteiger partial charge in [0.05, 0.1) is 23.7 Å². The summed E-state index contributed by atoms with van der Waals surface area (Å²) < 4.78 is 10.3. The number of rotatable bonds is 5. The molecule has 0 bridgehead atoms. The fourth-order valence-corrected chi connectivity index (χ4v) is 1.44. The van der Waals surface area contributed by atoms with Crippen LogP contribution >= 0.6 is 0 Å². The molecule has 1 aromatic heterocycles. The van der Waals surface area contributed by atoms with E-state index >= 15 is 0 Å². The maximum Gasteiger partial charge on any atom is 0.338 e. The maximum absolute atomic E-state index is 10.7. The molecular weight excluding hydrogens is 282 g/mol. The fraction of sp³-hybridized carbons (Fsp3) is 0.0833. The molecule has 9 heteroatoms. The number of non-ortho nitro benzene ring substituents is 1. The van der Waals surface area contributed by atoms with Gasteiger partial charge in [0.2, 0.25) is 0 Å². The summed E-state index contributed by atoms with van der Waals surface area (Å²) >= 11 is 0. The van der Waals surface area contributed by atoms with E-state index in [2.05, 4.69) is 9.97 Å². The Labute approximate surface area is 117 Å². The average Bonchev–Trinajstić information content (AvgIpc) is 2.47. The molecule has 9 nitrogen and oxygen atoms in total. The molecule has 0 amide bonds. The predicted octanol–water partition coefficient (Wildman–Crippen LogP) is 1.88. The van der Waals surface area contributed by atoms with Crippen molar-refractivity contribution in [1.82, 2.24) is 9.97 Å². The molecule has 0 unspecified atom stereocenters. The first-order valence-electron chi connectivity index (χ1n) is 5.57. The molecule has 108 valence electrons. The number of aromatic carboxylic acids is 1. The summed E-state index contributed by atoms with van der Waals surface area (Å²) in [4.78, 5) is 28.2. The predicted molar refractivity (Wildman–Crippen MR) is 68.7 cm³/mol. The molecule has 2 rings (SSSR count). The van der Waals surface area contributed by atoms with E-state index in [-0.39, 0.29) is 28.8 Å². The quantitative estimate of drug-likeness (QED) is 0.653. The van der Waals surface area contributed by atoms with E-state index in [0.717, 1.165) is 18.5 Å². The van der Waals surface area contributed by atoms with Crippen molar-refractivity contribution in [3.8, 4) is 17.5 Å². The van der Waals surface area contributed by atoms with Gasteiger partial charge in [0, 0.05) is 18.5 Å². The Balaban J connectivity index is 2.31. The Morgan fingerprint density at radius 2 is 1.95 bits per heavy atom. The van der Waals surface area contributed by atoms with Crippen LogP contribution in [0.4, 0.5) is 5.69 Å². The zero-order chi connectivity index (χ0) is 15.4. The van der Waals surface area contributed by atoms with E-state index in [4.69, 9.17) is 14.6 Å². The van der Waals surface area contributed by atoms with Crippen LogP contribution < -0.4 is 9.47 Å². The van der Waals surface area contributed by atoms with Gasteiger partial charge in [0.15, 0.2) is 11.5 Å². The summed E-state index contributed by atoms with van der Waals surface area (Å²) in [6.45, 7) is 0. The molecule has 0 saturated heterocycles. The number of carboxylic acids is 1. The third-order valence-corrected chi connectivity index (χ3v) is 2.43. The molecule has 0 fully saturated rings. The molecule has 1 heterocycles. The molecule has 0 radical (unpaired) electrons. The van der Waals surface area contributed by atoms with Crippen LogP contribution in [0, 0.1) is 10.1 Å². The van der Waals surface area contributed by atoms with Gasteiger partial charge in [0.25, 0.3) is 5.69 Å². The van der Waals surface area contributed by atoms with Gasteiger partial charge in [-0.05, 0) is 6.07 Å². The zero-order valence-corrected chi connectivity index (χ0v) is 10.7. The average molecular weight is 291 g/mol. The second-order valence-electron chi connectivity index (χ2n) is 3.75. The Morgan fingerprint density at radius 3 is 2.48 bits per heavy atom. The van der Waals surface area contributed by atoms with Crippen molar-refractivity contribution in [2.45, 2.75) is 0 Å². The number of carboxylic acid groups (broad SMARTS) is 1. The highest BCUT2D eigenvalue weighted by atomic mass is 16.6. The Bertz CT molecular complexity index is 686. The van der Waals surface area contributed by atoms with Crippen LogP contribution in [0.15, 0.2) is 30.6 Å². The number of ether oxygens (including phenoxy) is 2. The summed E-state index contributed by atoms with van der Waals surface area (Å²) in [5, 5.41) is 19.5. The summed E-state index contributed by atoms with van der Waals surface area (Å²) in [5.41, 5.74) is -0.290. The van der Waals surface area contributed by atoms with E-state index < -0.39 is 10.9 Å². The number of aromatic nitrogens is 2. The molecule has 0 aliphatic carbocycles. The van der Waals surface area contributed by atoms with Crippen LogP contribution in [-0.2, 0) is 0 Å². The fourth-order valence-electron chi connectivity index (χ4n) is 1.44. The minimum Gasteiger partial charge on any atom is -0.493 e. The van der Waals surface area contributed by atoms with Crippen molar-refractivity contribution in [3.63, 3.8) is 0 Å². The second kappa shape index (κ2) is 5.82. The Morgan fingerprint density at radius 1 is 1.29 bits per heavy atom. The van der Waals surface area contributed by atoms with Crippen molar-refractivity contribution in [1.29, 1.82) is 0 Å². The molecule has 1 N–H and O–H groups in total. The lowest BCUT2D eigenvalue weighted by atomic mass is 10.3. The van der Waals surface area contributed by atoms with Gasteiger partial charge < -0.3 is 14.6 Å². The van der Waals surface area contributed by atoms with Crippen LogP contribution in [0.3, 0.4) is 0 Å². The van der Waals surface area contributed by atoms with Crippen molar-refractivity contribution in [2.24, 2.45) is 0 Å². The summed E-state index contributed by atoms with van der Waals surface area (Å²) in [7, 11) is 1.38. The van der Waals surface area contributed by atoms with Crippen LogP contribution in [-0.4, -0.2) is 33.1 Å². The largest absolute Gasteiger partial charge is 0.493 e. The van der Waals surface area contributed by atoms with Crippen molar-refractivity contribution in [2.75, 3.05) is 7.11 Å². The van der Waals surface area contributed by atoms with Crippen LogP contribution in [0.2, 0.25) is 0 Å². The number of carbonyl (C=O) groups is 1. The normalized spacial score (nSPS) is 9.95. The van der Waals surface area contributed by atoms with Gasteiger partial charge in [0.1, 0.15) is 0 Å². The molecule has 0 atom stereocenters. The lowest BCUT2D eigenvalue weighted by Crippen LogP contribution is -2.00. The Hall–Kier alpha value is -3.23. The summed E-state index contributed by atoms with van der Waals surface area (Å²) in [6.07, 6.45) is 2.13. The van der Waals surface area contributed by atoms with Gasteiger partial charge in [-0.25, -0.2) is 14.8 Å². The minimum atomic E-state index is -1.17. The number of nitrogens with zero attached hydrogens (tertiary/aromatic N) is 3. The van der Waals surface area contributed by atoms with Crippen LogP contribution in [0.25, 0.3) is 0 Å². The smallest absolute Gasteiger partial charge is 0.338 e.